The molecule has 0 aromatic heterocycles. The van der Waals surface area contributed by atoms with E-state index in [1.807, 2.05) is 6.92 Å². The Morgan fingerprint density at radius 3 is 3.05 bits per heavy atom. The third kappa shape index (κ3) is 4.25. The molecular formula is C16H22FNO3. The van der Waals surface area contributed by atoms with Crippen LogP contribution in [0.5, 0.6) is 0 Å². The molecule has 0 aliphatic carbocycles. The zero-order chi connectivity index (χ0) is 15.2. The molecule has 2 rings (SSSR count). The molecule has 1 aromatic rings. The molecule has 1 aliphatic heterocycles. The van der Waals surface area contributed by atoms with Crippen LogP contribution >= 0.6 is 0 Å². The van der Waals surface area contributed by atoms with Gasteiger partial charge in [0.25, 0.3) is 0 Å². The van der Waals surface area contributed by atoms with Gasteiger partial charge in [-0.3, -0.25) is 4.79 Å². The third-order valence-corrected chi connectivity index (χ3v) is 3.82. The first-order valence-electron chi connectivity index (χ1n) is 7.27. The number of benzene rings is 1. The van der Waals surface area contributed by atoms with Crippen molar-refractivity contribution in [1.82, 2.24) is 5.32 Å². The maximum atomic E-state index is 13.5. The Balaban J connectivity index is 1.93. The largest absolute Gasteiger partial charge is 0.380 e. The second kappa shape index (κ2) is 7.52. The minimum atomic E-state index is -0.291. The van der Waals surface area contributed by atoms with Crippen molar-refractivity contribution in [2.24, 2.45) is 5.92 Å². The molecule has 1 amide bonds. The number of amides is 1. The highest BCUT2D eigenvalue weighted by Crippen LogP contribution is 2.20. The third-order valence-electron chi connectivity index (χ3n) is 3.82. The number of carbonyl (C=O) groups is 1. The van der Waals surface area contributed by atoms with Crippen LogP contribution in [-0.4, -0.2) is 25.7 Å². The number of hydrogen-bond acceptors (Lipinski definition) is 3. The van der Waals surface area contributed by atoms with Gasteiger partial charge < -0.3 is 14.8 Å². The van der Waals surface area contributed by atoms with Crippen LogP contribution in [0.1, 0.15) is 30.9 Å². The number of rotatable bonds is 5. The lowest BCUT2D eigenvalue weighted by atomic mass is 9.94. The van der Waals surface area contributed by atoms with E-state index in [0.29, 0.717) is 12.1 Å². The van der Waals surface area contributed by atoms with Crippen LogP contribution in [0.3, 0.4) is 0 Å². The average Bonchev–Trinajstić information content (AvgIpc) is 2.48. The molecule has 1 aliphatic rings. The van der Waals surface area contributed by atoms with Crippen LogP contribution in [0.15, 0.2) is 18.2 Å². The Kier molecular flexibility index (Phi) is 5.70. The van der Waals surface area contributed by atoms with Gasteiger partial charge >= 0.3 is 0 Å². The summed E-state index contributed by atoms with van der Waals surface area (Å²) in [5.74, 6) is -0.390. The van der Waals surface area contributed by atoms with Gasteiger partial charge in [-0.05, 0) is 37.5 Å². The van der Waals surface area contributed by atoms with Gasteiger partial charge in [0.05, 0.1) is 18.6 Å². The Bertz CT molecular complexity index is 492. The smallest absolute Gasteiger partial charge is 0.225 e. The van der Waals surface area contributed by atoms with Crippen LogP contribution < -0.4 is 5.32 Å². The fraction of sp³-hybridized carbons (Fsp3) is 0.562. The molecule has 0 saturated carbocycles. The van der Waals surface area contributed by atoms with Gasteiger partial charge in [-0.2, -0.15) is 0 Å². The van der Waals surface area contributed by atoms with Gasteiger partial charge in [0.1, 0.15) is 5.82 Å². The second-order valence-corrected chi connectivity index (χ2v) is 5.40. The van der Waals surface area contributed by atoms with Crippen molar-refractivity contribution in [2.45, 2.75) is 39.0 Å². The van der Waals surface area contributed by atoms with Crippen LogP contribution in [0, 0.1) is 11.7 Å². The van der Waals surface area contributed by atoms with Gasteiger partial charge in [-0.15, -0.1) is 0 Å². The maximum Gasteiger partial charge on any atom is 0.225 e. The van der Waals surface area contributed by atoms with Crippen molar-refractivity contribution in [1.29, 1.82) is 0 Å². The molecule has 0 unspecified atom stereocenters. The summed E-state index contributed by atoms with van der Waals surface area (Å²) in [4.78, 5) is 12.2. The first-order valence-corrected chi connectivity index (χ1v) is 7.27. The normalized spacial score (nSPS) is 22.0. The number of methoxy groups -OCH3 is 1. The lowest BCUT2D eigenvalue weighted by molar-refractivity contribution is -0.133. The van der Waals surface area contributed by atoms with E-state index in [0.717, 1.165) is 25.0 Å². The summed E-state index contributed by atoms with van der Waals surface area (Å²) in [7, 11) is 1.53. The summed E-state index contributed by atoms with van der Waals surface area (Å²) in [5.41, 5.74) is 1.36. The molecule has 2 atom stereocenters. The highest BCUT2D eigenvalue weighted by molar-refractivity contribution is 5.79. The average molecular weight is 295 g/mol. The monoisotopic (exact) mass is 295 g/mol. The van der Waals surface area contributed by atoms with E-state index in [9.17, 15) is 9.18 Å². The second-order valence-electron chi connectivity index (χ2n) is 5.40. The highest BCUT2D eigenvalue weighted by Gasteiger charge is 2.28. The Labute approximate surface area is 124 Å². The lowest BCUT2D eigenvalue weighted by Crippen LogP contribution is -2.39. The number of halogens is 1. The molecule has 116 valence electrons. The van der Waals surface area contributed by atoms with E-state index in [-0.39, 0.29) is 30.4 Å². The van der Waals surface area contributed by atoms with Crippen molar-refractivity contribution < 1.29 is 18.7 Å². The number of hydrogen-bond donors (Lipinski definition) is 1. The number of ether oxygens (including phenoxy) is 2. The van der Waals surface area contributed by atoms with E-state index in [4.69, 9.17) is 9.47 Å². The molecule has 21 heavy (non-hydrogen) atoms. The summed E-state index contributed by atoms with van der Waals surface area (Å²) in [6.45, 7) is 3.27. The predicted octanol–water partition coefficient (Wildman–Crippen LogP) is 2.40. The van der Waals surface area contributed by atoms with Gasteiger partial charge in [0, 0.05) is 25.8 Å². The minimum Gasteiger partial charge on any atom is -0.380 e. The standard InChI is InChI=1S/C16H22FNO3/c1-11-14(4-3-7-21-11)16(19)18-9-12-5-6-15(17)13(8-12)10-20-2/h5-6,8,11,14H,3-4,7,9-10H2,1-2H3,(H,18,19)/t11-,14-/m0/s1. The first-order chi connectivity index (χ1) is 10.1. The van der Waals surface area contributed by atoms with E-state index in [1.54, 1.807) is 12.1 Å². The van der Waals surface area contributed by atoms with Gasteiger partial charge in [-0.1, -0.05) is 6.07 Å². The molecule has 0 bridgehead atoms. The molecule has 1 fully saturated rings. The Hall–Kier alpha value is -1.46. The zero-order valence-corrected chi connectivity index (χ0v) is 12.5. The summed E-state index contributed by atoms with van der Waals surface area (Å²) < 4.78 is 24.0. The Morgan fingerprint density at radius 1 is 1.52 bits per heavy atom. The SMILES string of the molecule is COCc1cc(CNC(=O)[C@H]2CCCO[C@H]2C)ccc1F. The van der Waals surface area contributed by atoms with Crippen LogP contribution in [0.4, 0.5) is 4.39 Å². The first kappa shape index (κ1) is 15.9. The molecular weight excluding hydrogens is 273 g/mol. The van der Waals surface area contributed by atoms with Crippen molar-refractivity contribution in [3.05, 3.63) is 35.1 Å². The summed E-state index contributed by atoms with van der Waals surface area (Å²) in [6.07, 6.45) is 1.72. The molecule has 1 aromatic carbocycles. The lowest BCUT2D eigenvalue weighted by Gasteiger charge is -2.28. The maximum absolute atomic E-state index is 13.5. The van der Waals surface area contributed by atoms with Gasteiger partial charge in [-0.25, -0.2) is 4.39 Å². The van der Waals surface area contributed by atoms with E-state index >= 15 is 0 Å². The summed E-state index contributed by atoms with van der Waals surface area (Å²) >= 11 is 0. The van der Waals surface area contributed by atoms with Crippen LogP contribution in [0.25, 0.3) is 0 Å². The Morgan fingerprint density at radius 2 is 2.33 bits per heavy atom. The summed E-state index contributed by atoms with van der Waals surface area (Å²) in [5, 5.41) is 2.91. The molecule has 1 heterocycles. The van der Waals surface area contributed by atoms with Gasteiger partial charge in [0.2, 0.25) is 5.91 Å². The highest BCUT2D eigenvalue weighted by atomic mass is 19.1. The van der Waals surface area contributed by atoms with Crippen molar-refractivity contribution in [2.75, 3.05) is 13.7 Å². The van der Waals surface area contributed by atoms with E-state index < -0.39 is 0 Å². The van der Waals surface area contributed by atoms with Crippen molar-refractivity contribution >= 4 is 5.91 Å². The fourth-order valence-corrected chi connectivity index (χ4v) is 2.59. The molecule has 1 saturated heterocycles. The quantitative estimate of drug-likeness (QED) is 0.907. The van der Waals surface area contributed by atoms with Crippen molar-refractivity contribution in [3.63, 3.8) is 0 Å². The predicted molar refractivity (Wildman–Crippen MR) is 77.1 cm³/mol. The zero-order valence-electron chi connectivity index (χ0n) is 12.5. The molecule has 0 spiro atoms. The number of carbonyl (C=O) groups excluding carboxylic acids is 1. The molecule has 1 N–H and O–H groups in total. The number of nitrogens with one attached hydrogen (secondary N) is 1. The van der Waals surface area contributed by atoms with Crippen LogP contribution in [-0.2, 0) is 27.4 Å². The van der Waals surface area contributed by atoms with Gasteiger partial charge in [0.15, 0.2) is 0 Å². The van der Waals surface area contributed by atoms with E-state index in [1.165, 1.54) is 13.2 Å². The fourth-order valence-electron chi connectivity index (χ4n) is 2.59. The van der Waals surface area contributed by atoms with Crippen LogP contribution in [0.2, 0.25) is 0 Å². The minimum absolute atomic E-state index is 0.000170. The molecule has 5 heteroatoms. The molecule has 4 nitrogen and oxygen atoms in total. The van der Waals surface area contributed by atoms with E-state index in [2.05, 4.69) is 5.32 Å². The topological polar surface area (TPSA) is 47.6 Å². The van der Waals surface area contributed by atoms with Crippen molar-refractivity contribution in [3.8, 4) is 0 Å². The molecule has 0 radical (unpaired) electrons. The summed E-state index contributed by atoms with van der Waals surface area (Å²) in [6, 6.07) is 4.80.